The SMILES string of the molecule is C=C(C)C(=O)OC(F)C(F)(F)C(F)(F)C(F)(F)C(F)(F)C(F)(F)C(F)(F)C(F)(F)C(F)(F)C(F)(F)F. The molecule has 0 aromatic rings. The van der Waals surface area contributed by atoms with Crippen LogP contribution >= 0.6 is 0 Å². The van der Waals surface area contributed by atoms with Gasteiger partial charge in [0.1, 0.15) is 0 Å². The van der Waals surface area contributed by atoms with Crippen LogP contribution in [0.1, 0.15) is 6.92 Å². The van der Waals surface area contributed by atoms with Gasteiger partial charge >= 0.3 is 65.9 Å². The van der Waals surface area contributed by atoms with Gasteiger partial charge in [0.25, 0.3) is 0 Å². The second kappa shape index (κ2) is 8.69. The standard InChI is InChI=1S/C14H6F20O2/c1-3(2)4(35)36-5(15)6(16,17)7(18,19)8(20,21)9(22,23)10(24,25)11(26,27)12(28,29)13(30,31)14(32,33)34/h5H,1H2,2H3. The minimum atomic E-state index is -9.12. The smallest absolute Gasteiger partial charge is 0.421 e. The molecule has 0 saturated heterocycles. The Kier molecular flexibility index (Phi) is 8.16. The van der Waals surface area contributed by atoms with Crippen molar-refractivity contribution in [2.24, 2.45) is 0 Å². The summed E-state index contributed by atoms with van der Waals surface area (Å²) in [4.78, 5) is 10.8. The van der Waals surface area contributed by atoms with Crippen LogP contribution < -0.4 is 0 Å². The molecule has 0 rings (SSSR count). The molecule has 22 heteroatoms. The Morgan fingerprint density at radius 3 is 1.06 bits per heavy atom. The summed E-state index contributed by atoms with van der Waals surface area (Å²) in [5.41, 5.74) is -1.17. The molecule has 0 spiro atoms. The highest BCUT2D eigenvalue weighted by atomic mass is 19.4. The number of ether oxygens (including phenoxy) is 1. The third-order valence-corrected chi connectivity index (χ3v) is 3.98. The Balaban J connectivity index is 6.89. The molecule has 0 N–H and O–H groups in total. The van der Waals surface area contributed by atoms with Gasteiger partial charge in [-0.25, -0.2) is 4.79 Å². The van der Waals surface area contributed by atoms with E-state index < -0.39 is 71.5 Å². The summed E-state index contributed by atoms with van der Waals surface area (Å²) in [7, 11) is 0. The molecule has 2 nitrogen and oxygen atoms in total. The molecule has 0 aliphatic rings. The van der Waals surface area contributed by atoms with Gasteiger partial charge in [0, 0.05) is 5.57 Å². The molecule has 0 heterocycles. The van der Waals surface area contributed by atoms with Gasteiger partial charge in [-0.1, -0.05) is 6.58 Å². The van der Waals surface area contributed by atoms with E-state index in [1.165, 1.54) is 0 Å². The van der Waals surface area contributed by atoms with Crippen molar-refractivity contribution >= 4 is 5.97 Å². The van der Waals surface area contributed by atoms with Gasteiger partial charge in [-0.2, -0.15) is 87.8 Å². The van der Waals surface area contributed by atoms with Crippen LogP contribution in [0.25, 0.3) is 0 Å². The lowest BCUT2D eigenvalue weighted by molar-refractivity contribution is -0.472. The van der Waals surface area contributed by atoms with E-state index in [-0.39, 0.29) is 0 Å². The van der Waals surface area contributed by atoms with E-state index in [4.69, 9.17) is 0 Å². The van der Waals surface area contributed by atoms with E-state index in [1.54, 1.807) is 0 Å². The number of halogens is 20. The normalized spacial score (nSPS) is 16.6. The number of carbonyl (C=O) groups is 1. The van der Waals surface area contributed by atoms with Crippen LogP contribution in [0.4, 0.5) is 87.8 Å². The first kappa shape index (κ1) is 33.8. The quantitative estimate of drug-likeness (QED) is 0.156. The van der Waals surface area contributed by atoms with Gasteiger partial charge in [-0.05, 0) is 6.92 Å². The Labute approximate surface area is 183 Å². The summed E-state index contributed by atoms with van der Waals surface area (Å²) in [5.74, 6) is -71.9. The molecular formula is C14H6F20O2. The molecule has 214 valence electrons. The number of hydrogen-bond acceptors (Lipinski definition) is 2. The Morgan fingerprint density at radius 1 is 0.556 bits per heavy atom. The van der Waals surface area contributed by atoms with Crippen LogP contribution in [0.5, 0.6) is 0 Å². The summed E-state index contributed by atoms with van der Waals surface area (Å²) in [6.45, 7) is 2.98. The zero-order valence-corrected chi connectivity index (χ0v) is 16.2. The molecule has 0 aromatic heterocycles. The average Bonchev–Trinajstić information content (AvgIpc) is 2.65. The highest BCUT2D eigenvalue weighted by Gasteiger charge is 2.97. The molecule has 0 saturated carbocycles. The first-order valence-electron chi connectivity index (χ1n) is 7.85. The molecule has 0 aliphatic carbocycles. The van der Waals surface area contributed by atoms with Crippen molar-refractivity contribution in [3.63, 3.8) is 0 Å². The molecule has 0 aliphatic heterocycles. The van der Waals surface area contributed by atoms with E-state index in [2.05, 4.69) is 11.3 Å². The minimum Gasteiger partial charge on any atom is -0.421 e. The first-order chi connectivity index (χ1) is 15.2. The van der Waals surface area contributed by atoms with E-state index >= 15 is 0 Å². The van der Waals surface area contributed by atoms with Crippen LogP contribution in [0.2, 0.25) is 0 Å². The van der Waals surface area contributed by atoms with Crippen molar-refractivity contribution in [3.05, 3.63) is 12.2 Å². The van der Waals surface area contributed by atoms with Crippen molar-refractivity contribution < 1.29 is 97.3 Å². The number of alkyl halides is 20. The molecule has 0 aromatic carbocycles. The predicted molar refractivity (Wildman–Crippen MR) is 71.4 cm³/mol. The summed E-state index contributed by atoms with van der Waals surface area (Å²) in [5, 5.41) is 0. The predicted octanol–water partition coefficient (Wildman–Crippen LogP) is 7.05. The van der Waals surface area contributed by atoms with Crippen molar-refractivity contribution in [3.8, 4) is 0 Å². The molecule has 0 fully saturated rings. The van der Waals surface area contributed by atoms with E-state index in [1.807, 2.05) is 0 Å². The van der Waals surface area contributed by atoms with E-state index in [0.29, 0.717) is 6.92 Å². The van der Waals surface area contributed by atoms with Gasteiger partial charge in [0.05, 0.1) is 0 Å². The molecule has 1 unspecified atom stereocenters. The van der Waals surface area contributed by atoms with E-state index in [0.717, 1.165) is 0 Å². The Hall–Kier alpha value is -2.19. The summed E-state index contributed by atoms with van der Waals surface area (Å²) >= 11 is 0. The largest absolute Gasteiger partial charge is 0.460 e. The second-order valence-corrected chi connectivity index (χ2v) is 6.64. The third kappa shape index (κ3) is 4.30. The fourth-order valence-corrected chi connectivity index (χ4v) is 1.78. The van der Waals surface area contributed by atoms with Crippen LogP contribution in [0.3, 0.4) is 0 Å². The monoisotopic (exact) mass is 586 g/mol. The lowest BCUT2D eigenvalue weighted by Crippen LogP contribution is -2.76. The topological polar surface area (TPSA) is 26.3 Å². The van der Waals surface area contributed by atoms with Crippen LogP contribution in [0.15, 0.2) is 12.2 Å². The summed E-state index contributed by atoms with van der Waals surface area (Å²) in [6.07, 6.45) is -13.5. The summed E-state index contributed by atoms with van der Waals surface area (Å²) < 4.78 is 264. The van der Waals surface area contributed by atoms with Gasteiger partial charge in [0.15, 0.2) is 0 Å². The van der Waals surface area contributed by atoms with Crippen LogP contribution in [-0.2, 0) is 9.53 Å². The zero-order chi connectivity index (χ0) is 29.9. The molecular weight excluding hydrogens is 580 g/mol. The average molecular weight is 586 g/mol. The maximum atomic E-state index is 13.5. The Bertz CT molecular complexity index is 853. The highest BCUT2D eigenvalue weighted by molar-refractivity contribution is 5.87. The van der Waals surface area contributed by atoms with Crippen molar-refractivity contribution in [1.82, 2.24) is 0 Å². The van der Waals surface area contributed by atoms with Gasteiger partial charge in [0.2, 0.25) is 0 Å². The van der Waals surface area contributed by atoms with Crippen molar-refractivity contribution in [2.45, 2.75) is 66.8 Å². The van der Waals surface area contributed by atoms with Crippen molar-refractivity contribution in [2.75, 3.05) is 0 Å². The number of hydrogen-bond donors (Lipinski definition) is 0. The van der Waals surface area contributed by atoms with Crippen LogP contribution in [-0.4, -0.2) is 65.9 Å². The minimum absolute atomic E-state index is 0.452. The fraction of sp³-hybridized carbons (Fsp3) is 0.786. The highest BCUT2D eigenvalue weighted by Crippen LogP contribution is 2.65. The zero-order valence-electron chi connectivity index (χ0n) is 16.2. The fourth-order valence-electron chi connectivity index (χ4n) is 1.78. The maximum absolute atomic E-state index is 13.5. The number of carbonyl (C=O) groups excluding carboxylic acids is 1. The number of rotatable bonds is 10. The molecule has 0 radical (unpaired) electrons. The first-order valence-corrected chi connectivity index (χ1v) is 7.85. The number of esters is 1. The Morgan fingerprint density at radius 2 is 0.806 bits per heavy atom. The van der Waals surface area contributed by atoms with Crippen molar-refractivity contribution in [1.29, 1.82) is 0 Å². The lowest BCUT2D eigenvalue weighted by atomic mass is 9.87. The van der Waals surface area contributed by atoms with Crippen LogP contribution in [0, 0.1) is 0 Å². The second-order valence-electron chi connectivity index (χ2n) is 6.64. The molecule has 0 bridgehead atoms. The third-order valence-electron chi connectivity index (χ3n) is 3.98. The van der Waals surface area contributed by atoms with Gasteiger partial charge in [-0.3, -0.25) is 0 Å². The summed E-state index contributed by atoms with van der Waals surface area (Å²) in [6, 6.07) is 0. The van der Waals surface area contributed by atoms with Gasteiger partial charge in [-0.15, -0.1) is 0 Å². The lowest BCUT2D eigenvalue weighted by Gasteiger charge is -2.43. The molecule has 36 heavy (non-hydrogen) atoms. The molecule has 0 amide bonds. The molecule has 1 atom stereocenters. The maximum Gasteiger partial charge on any atom is 0.460 e. The van der Waals surface area contributed by atoms with Gasteiger partial charge < -0.3 is 4.74 Å². The van der Waals surface area contributed by atoms with E-state index in [9.17, 15) is 92.6 Å².